The third kappa shape index (κ3) is 4.10. The van der Waals surface area contributed by atoms with Gasteiger partial charge in [0, 0.05) is 17.3 Å². The third-order valence-corrected chi connectivity index (χ3v) is 7.14. The van der Waals surface area contributed by atoms with E-state index in [-0.39, 0.29) is 15.9 Å². The summed E-state index contributed by atoms with van der Waals surface area (Å²) in [6, 6.07) is 18.3. The first kappa shape index (κ1) is 20.3. The first-order valence-corrected chi connectivity index (χ1v) is 12.0. The maximum absolute atomic E-state index is 12.7. The van der Waals surface area contributed by atoms with Crippen LogP contribution < -0.4 is 19.5 Å². The number of aromatic nitrogens is 1. The number of sulfonamides is 1. The molecule has 0 spiro atoms. The number of fused-ring (bicyclic) bond motifs is 2. The molecule has 5 rings (SSSR count). The summed E-state index contributed by atoms with van der Waals surface area (Å²) in [7, 11) is -3.74. The zero-order chi connectivity index (χ0) is 22.1. The van der Waals surface area contributed by atoms with Crippen LogP contribution in [0.5, 0.6) is 11.5 Å². The summed E-state index contributed by atoms with van der Waals surface area (Å²) in [5, 5.41) is 3.07. The van der Waals surface area contributed by atoms with Crippen molar-refractivity contribution in [2.75, 3.05) is 23.3 Å². The predicted molar refractivity (Wildman–Crippen MR) is 122 cm³/mol. The average molecular weight is 468 g/mol. The second-order valence-corrected chi connectivity index (χ2v) is 9.65. The lowest BCUT2D eigenvalue weighted by atomic mass is 10.2. The number of carbonyl (C=O) groups is 1. The predicted octanol–water partition coefficient (Wildman–Crippen LogP) is 4.12. The molecule has 1 aliphatic rings. The van der Waals surface area contributed by atoms with Gasteiger partial charge in [0.15, 0.2) is 16.6 Å². The molecule has 4 aromatic rings. The van der Waals surface area contributed by atoms with Crippen LogP contribution in [0.1, 0.15) is 10.4 Å². The van der Waals surface area contributed by atoms with E-state index in [4.69, 9.17) is 9.47 Å². The molecule has 8 nitrogen and oxygen atoms in total. The standard InChI is InChI=1S/C22H17N3O5S2/c26-21(23-15-7-9-18-19(13-15)30-11-10-29-18)14-6-8-17-20(12-14)31-22(24-17)25-32(27,28)16-4-2-1-3-5-16/h1-9,12-13H,10-11H2,(H,23,26)(H,24,25). The van der Waals surface area contributed by atoms with Crippen molar-refractivity contribution in [3.05, 3.63) is 72.3 Å². The van der Waals surface area contributed by atoms with E-state index < -0.39 is 10.0 Å². The molecule has 0 aliphatic carbocycles. The summed E-state index contributed by atoms with van der Waals surface area (Å²) in [6.07, 6.45) is 0. The van der Waals surface area contributed by atoms with Crippen molar-refractivity contribution >= 4 is 48.3 Å². The molecule has 10 heteroatoms. The summed E-state index contributed by atoms with van der Waals surface area (Å²) in [6.45, 7) is 0.958. The van der Waals surface area contributed by atoms with Crippen molar-refractivity contribution in [3.63, 3.8) is 0 Å². The molecule has 32 heavy (non-hydrogen) atoms. The smallest absolute Gasteiger partial charge is 0.263 e. The molecule has 2 heterocycles. The second kappa shape index (κ2) is 8.13. The van der Waals surface area contributed by atoms with Crippen molar-refractivity contribution < 1.29 is 22.7 Å². The van der Waals surface area contributed by atoms with E-state index in [9.17, 15) is 13.2 Å². The molecule has 2 N–H and O–H groups in total. The maximum Gasteiger partial charge on any atom is 0.263 e. The monoisotopic (exact) mass is 467 g/mol. The number of nitrogens with one attached hydrogen (secondary N) is 2. The Hall–Kier alpha value is -3.63. The molecule has 0 atom stereocenters. The molecular formula is C22H17N3O5S2. The van der Waals surface area contributed by atoms with Gasteiger partial charge in [-0.2, -0.15) is 0 Å². The molecule has 0 bridgehead atoms. The molecule has 1 amide bonds. The molecule has 0 radical (unpaired) electrons. The fourth-order valence-corrected chi connectivity index (χ4v) is 5.37. The lowest BCUT2D eigenvalue weighted by molar-refractivity contribution is 0.102. The number of anilines is 2. The fraction of sp³-hybridized carbons (Fsp3) is 0.0909. The van der Waals surface area contributed by atoms with Gasteiger partial charge in [0.1, 0.15) is 13.2 Å². The largest absolute Gasteiger partial charge is 0.486 e. The van der Waals surface area contributed by atoms with E-state index in [1.165, 1.54) is 12.1 Å². The third-order valence-electron chi connectivity index (χ3n) is 4.73. The minimum atomic E-state index is -3.74. The normalized spacial score (nSPS) is 13.0. The molecule has 0 saturated carbocycles. The van der Waals surface area contributed by atoms with E-state index >= 15 is 0 Å². The van der Waals surface area contributed by atoms with Gasteiger partial charge in [-0.15, -0.1) is 0 Å². The van der Waals surface area contributed by atoms with Gasteiger partial charge in [-0.05, 0) is 42.5 Å². The Balaban J connectivity index is 1.35. The number of carbonyl (C=O) groups excluding carboxylic acids is 1. The topological polar surface area (TPSA) is 107 Å². The molecule has 3 aromatic carbocycles. The van der Waals surface area contributed by atoms with Crippen molar-refractivity contribution in [1.29, 1.82) is 0 Å². The Morgan fingerprint density at radius 3 is 2.53 bits per heavy atom. The van der Waals surface area contributed by atoms with Gasteiger partial charge < -0.3 is 14.8 Å². The molecule has 162 valence electrons. The van der Waals surface area contributed by atoms with Crippen molar-refractivity contribution in [1.82, 2.24) is 4.98 Å². The average Bonchev–Trinajstić information content (AvgIpc) is 3.20. The number of hydrogen-bond acceptors (Lipinski definition) is 7. The zero-order valence-corrected chi connectivity index (χ0v) is 18.2. The first-order chi connectivity index (χ1) is 15.5. The van der Waals surface area contributed by atoms with E-state index in [0.717, 1.165) is 11.3 Å². The second-order valence-electron chi connectivity index (χ2n) is 6.93. The summed E-state index contributed by atoms with van der Waals surface area (Å²) in [5.41, 5.74) is 1.60. The SMILES string of the molecule is O=C(Nc1ccc2c(c1)OCCO2)c1ccc2nc(NS(=O)(=O)c3ccccc3)sc2c1. The van der Waals surface area contributed by atoms with Crippen LogP contribution in [0.3, 0.4) is 0 Å². The lowest BCUT2D eigenvalue weighted by Gasteiger charge is -2.19. The van der Waals surface area contributed by atoms with Gasteiger partial charge in [0.05, 0.1) is 15.1 Å². The summed E-state index contributed by atoms with van der Waals surface area (Å²) in [5.74, 6) is 0.927. The highest BCUT2D eigenvalue weighted by Gasteiger charge is 2.17. The molecule has 1 aromatic heterocycles. The lowest BCUT2D eigenvalue weighted by Crippen LogP contribution is -2.16. The molecule has 0 unspecified atom stereocenters. The highest BCUT2D eigenvalue weighted by Crippen LogP contribution is 2.33. The van der Waals surface area contributed by atoms with Crippen LogP contribution in [0.4, 0.5) is 10.8 Å². The van der Waals surface area contributed by atoms with Crippen molar-refractivity contribution in [2.24, 2.45) is 0 Å². The van der Waals surface area contributed by atoms with Crippen LogP contribution in [0.15, 0.2) is 71.6 Å². The summed E-state index contributed by atoms with van der Waals surface area (Å²) < 4.78 is 39.3. The molecule has 0 saturated heterocycles. The fourth-order valence-electron chi connectivity index (χ4n) is 3.21. The Labute approximate surface area is 187 Å². The van der Waals surface area contributed by atoms with Crippen LogP contribution >= 0.6 is 11.3 Å². The Morgan fingerprint density at radius 2 is 1.72 bits per heavy atom. The van der Waals surface area contributed by atoms with E-state index in [2.05, 4.69) is 15.0 Å². The number of nitrogens with zero attached hydrogens (tertiary/aromatic N) is 1. The van der Waals surface area contributed by atoms with Gasteiger partial charge >= 0.3 is 0 Å². The number of thiazole rings is 1. The highest BCUT2D eigenvalue weighted by atomic mass is 32.2. The van der Waals surface area contributed by atoms with Crippen LogP contribution in [0, 0.1) is 0 Å². The Morgan fingerprint density at radius 1 is 0.938 bits per heavy atom. The van der Waals surface area contributed by atoms with Gasteiger partial charge in [0.25, 0.3) is 15.9 Å². The van der Waals surface area contributed by atoms with Crippen LogP contribution in [-0.2, 0) is 10.0 Å². The summed E-state index contributed by atoms with van der Waals surface area (Å²) >= 11 is 1.16. The quantitative estimate of drug-likeness (QED) is 0.457. The Kier molecular flexibility index (Phi) is 5.16. The van der Waals surface area contributed by atoms with Crippen LogP contribution in [0.2, 0.25) is 0 Å². The number of amides is 1. The number of benzene rings is 3. The van der Waals surface area contributed by atoms with Crippen LogP contribution in [0.25, 0.3) is 10.2 Å². The Bertz CT molecular complexity index is 1420. The summed E-state index contributed by atoms with van der Waals surface area (Å²) in [4.78, 5) is 17.2. The van der Waals surface area contributed by atoms with E-state index in [1.807, 2.05) is 0 Å². The molecular weight excluding hydrogens is 450 g/mol. The highest BCUT2D eigenvalue weighted by molar-refractivity contribution is 7.93. The molecule has 1 aliphatic heterocycles. The first-order valence-electron chi connectivity index (χ1n) is 9.67. The minimum absolute atomic E-state index is 0.152. The maximum atomic E-state index is 12.7. The molecule has 0 fully saturated rings. The number of ether oxygens (including phenoxy) is 2. The minimum Gasteiger partial charge on any atom is -0.486 e. The van der Waals surface area contributed by atoms with Gasteiger partial charge in [-0.1, -0.05) is 29.5 Å². The zero-order valence-electron chi connectivity index (χ0n) is 16.6. The van der Waals surface area contributed by atoms with Gasteiger partial charge in [-0.3, -0.25) is 9.52 Å². The van der Waals surface area contributed by atoms with E-state index in [1.54, 1.807) is 54.6 Å². The van der Waals surface area contributed by atoms with Gasteiger partial charge in [-0.25, -0.2) is 13.4 Å². The number of hydrogen-bond donors (Lipinski definition) is 2. The van der Waals surface area contributed by atoms with Crippen LogP contribution in [-0.4, -0.2) is 32.5 Å². The number of rotatable bonds is 5. The van der Waals surface area contributed by atoms with Crippen molar-refractivity contribution in [2.45, 2.75) is 4.90 Å². The van der Waals surface area contributed by atoms with Crippen molar-refractivity contribution in [3.8, 4) is 11.5 Å². The van der Waals surface area contributed by atoms with E-state index in [0.29, 0.717) is 46.2 Å². The van der Waals surface area contributed by atoms with Gasteiger partial charge in [0.2, 0.25) is 0 Å².